The van der Waals surface area contributed by atoms with Crippen LogP contribution in [0.3, 0.4) is 0 Å². The van der Waals surface area contributed by atoms with E-state index < -0.39 is 35.8 Å². The van der Waals surface area contributed by atoms with Crippen LogP contribution in [0.5, 0.6) is 0 Å². The summed E-state index contributed by atoms with van der Waals surface area (Å²) in [6.07, 6.45) is 21.7. The Hall–Kier alpha value is -7.50. The third-order valence-corrected chi connectivity index (χ3v) is 14.6. The number of aliphatic carboxylic acids is 6. The molecule has 6 heterocycles. The number of carboxylic acids is 6. The lowest BCUT2D eigenvalue weighted by molar-refractivity contribution is -0.138. The Balaban J connectivity index is 1.40. The summed E-state index contributed by atoms with van der Waals surface area (Å²) in [5.41, 5.74) is 15.4. The number of carbonyl (C=O) groups is 6. The van der Waals surface area contributed by atoms with Gasteiger partial charge in [-0.1, -0.05) is 38.5 Å². The molecule has 422 valence electrons. The lowest BCUT2D eigenvalue weighted by Crippen LogP contribution is -1.94. The first-order valence-electron chi connectivity index (χ1n) is 28.2. The van der Waals surface area contributed by atoms with Gasteiger partial charge < -0.3 is 60.5 Å². The summed E-state index contributed by atoms with van der Waals surface area (Å²) in [4.78, 5) is 89.9. The number of hydrogen-bond donors (Lipinski definition) is 12. The van der Waals surface area contributed by atoms with Gasteiger partial charge in [-0.15, -0.1) is 0 Å². The molecule has 0 bridgehead atoms. The van der Waals surface area contributed by atoms with E-state index in [2.05, 4.69) is 66.3 Å². The van der Waals surface area contributed by atoms with Crippen molar-refractivity contribution >= 4 is 35.8 Å². The van der Waals surface area contributed by atoms with Crippen LogP contribution in [0.1, 0.15) is 187 Å². The van der Waals surface area contributed by atoms with E-state index in [1.807, 2.05) is 12.4 Å². The quantitative estimate of drug-likeness (QED) is 0.0160. The van der Waals surface area contributed by atoms with Gasteiger partial charge in [-0.2, -0.15) is 0 Å². The van der Waals surface area contributed by atoms with Crippen molar-refractivity contribution in [2.45, 2.75) is 193 Å². The zero-order chi connectivity index (χ0) is 55.8. The molecule has 0 radical (unpaired) electrons. The molecule has 0 aromatic carbocycles. The Morgan fingerprint density at radius 3 is 0.897 bits per heavy atom. The summed E-state index contributed by atoms with van der Waals surface area (Å²) in [6, 6.07) is 12.9. The van der Waals surface area contributed by atoms with Gasteiger partial charge in [-0.05, 0) is 185 Å². The van der Waals surface area contributed by atoms with Crippen LogP contribution in [0.25, 0.3) is 56.9 Å². The fourth-order valence-corrected chi connectivity index (χ4v) is 10.5. The molecule has 0 spiro atoms. The average molecular weight is 1080 g/mol. The normalized spacial score (nSPS) is 11.4. The van der Waals surface area contributed by atoms with E-state index in [4.69, 9.17) is 10.2 Å². The van der Waals surface area contributed by atoms with E-state index in [1.165, 1.54) is 0 Å². The average Bonchev–Trinajstić information content (AvgIpc) is 4.28. The predicted octanol–water partition coefficient (Wildman–Crippen LogP) is 13.1. The first-order chi connectivity index (χ1) is 37.6. The van der Waals surface area contributed by atoms with Crippen LogP contribution in [-0.2, 0) is 67.3 Å². The van der Waals surface area contributed by atoms with E-state index in [9.17, 15) is 49.2 Å². The summed E-state index contributed by atoms with van der Waals surface area (Å²) in [7, 11) is 0. The summed E-state index contributed by atoms with van der Waals surface area (Å²) in [5, 5.41) is 55.7. The highest BCUT2D eigenvalue weighted by molar-refractivity contribution is 5.78. The first kappa shape index (κ1) is 59.7. The molecular formula is C60H80N6O12. The number of aromatic nitrogens is 6. The van der Waals surface area contributed by atoms with Gasteiger partial charge in [0.15, 0.2) is 0 Å². The second kappa shape index (κ2) is 31.0. The lowest BCUT2D eigenvalue weighted by atomic mass is 10.0. The lowest BCUT2D eigenvalue weighted by Gasteiger charge is -2.04. The molecule has 18 heteroatoms. The summed E-state index contributed by atoms with van der Waals surface area (Å²) >= 11 is 0. The predicted molar refractivity (Wildman–Crippen MR) is 299 cm³/mol. The Morgan fingerprint density at radius 1 is 0.295 bits per heavy atom. The number of hydrogen-bond acceptors (Lipinski definition) is 6. The summed E-state index contributed by atoms with van der Waals surface area (Å²) in [5.74, 6) is -4.88. The van der Waals surface area contributed by atoms with E-state index in [1.54, 1.807) is 0 Å². The van der Waals surface area contributed by atoms with Gasteiger partial charge in [0, 0.05) is 50.9 Å². The van der Waals surface area contributed by atoms with Crippen LogP contribution in [-0.4, -0.2) is 96.4 Å². The number of rotatable bonds is 41. The fraction of sp³-hybridized carbons (Fsp3) is 0.500. The number of nitrogens with one attached hydrogen (secondary N) is 6. The second-order valence-electron chi connectivity index (χ2n) is 20.9. The van der Waals surface area contributed by atoms with Gasteiger partial charge >= 0.3 is 35.8 Å². The number of H-pyrrole nitrogens is 6. The van der Waals surface area contributed by atoms with E-state index in [0.717, 1.165) is 180 Å². The maximum atomic E-state index is 11.5. The van der Waals surface area contributed by atoms with Crippen molar-refractivity contribution in [2.24, 2.45) is 0 Å². The van der Waals surface area contributed by atoms with Crippen molar-refractivity contribution in [3.8, 4) is 56.9 Å². The molecular weight excluding hydrogens is 997 g/mol. The van der Waals surface area contributed by atoms with Gasteiger partial charge in [0.05, 0.1) is 56.9 Å². The van der Waals surface area contributed by atoms with Crippen molar-refractivity contribution < 1.29 is 59.4 Å². The molecule has 12 N–H and O–H groups in total. The molecule has 6 rings (SSSR count). The van der Waals surface area contributed by atoms with E-state index in [0.29, 0.717) is 64.2 Å². The van der Waals surface area contributed by atoms with Crippen LogP contribution in [0.2, 0.25) is 0 Å². The topological polar surface area (TPSA) is 319 Å². The molecule has 0 aliphatic heterocycles. The maximum absolute atomic E-state index is 11.5. The third-order valence-electron chi connectivity index (χ3n) is 14.6. The number of carboxylic acid groups (broad SMARTS) is 6. The largest absolute Gasteiger partial charge is 0.481 e. The van der Waals surface area contributed by atoms with Crippen LogP contribution in [0, 0.1) is 0 Å². The van der Waals surface area contributed by atoms with Crippen LogP contribution in [0.4, 0.5) is 0 Å². The molecule has 0 aliphatic rings. The second-order valence-corrected chi connectivity index (χ2v) is 20.9. The SMILES string of the molecule is O=C(O)CCCCCc1c[nH]c(-c2[nH]c(-c3[nH]c(-c4[nH]c(-c5[nH]c(-c6[nH]ccc6CCCCCC(=O)O)cc5CCCCCC(=O)O)cc4CCCCCC(=O)O)cc3CCCCCC(=O)O)cc2CCCCCC(=O)O)c1. The Bertz CT molecular complexity index is 2890. The van der Waals surface area contributed by atoms with Gasteiger partial charge in [-0.25, -0.2) is 0 Å². The van der Waals surface area contributed by atoms with Crippen LogP contribution in [0.15, 0.2) is 48.8 Å². The number of unbranched alkanes of at least 4 members (excludes halogenated alkanes) is 12. The number of aryl methyl sites for hydroxylation is 6. The summed E-state index contributed by atoms with van der Waals surface area (Å²) < 4.78 is 0. The minimum atomic E-state index is -0.828. The van der Waals surface area contributed by atoms with Crippen LogP contribution >= 0.6 is 0 Å². The minimum Gasteiger partial charge on any atom is -0.481 e. The highest BCUT2D eigenvalue weighted by Crippen LogP contribution is 2.39. The highest BCUT2D eigenvalue weighted by Gasteiger charge is 2.23. The Morgan fingerprint density at radius 2 is 0.577 bits per heavy atom. The van der Waals surface area contributed by atoms with Gasteiger partial charge in [0.1, 0.15) is 0 Å². The van der Waals surface area contributed by atoms with E-state index >= 15 is 0 Å². The molecule has 0 fully saturated rings. The van der Waals surface area contributed by atoms with Crippen molar-refractivity contribution in [1.82, 2.24) is 29.9 Å². The summed E-state index contributed by atoms with van der Waals surface area (Å²) in [6.45, 7) is 0. The van der Waals surface area contributed by atoms with Crippen molar-refractivity contribution in [1.29, 1.82) is 0 Å². The standard InChI is InChI=1S/C60H80N6O12/c67-50(68)25-13-1-7-19-39-33-45(62-38-39)57-41(21-9-3-15-27-52(71)72)35-47(64-57)59-43(23-11-5-17-29-54(75)76)37-49(66-59)60-44(24-12-6-18-30-55(77)78)36-48(65-60)58-42(22-10-4-16-28-53(73)74)34-46(63-58)56-40(31-32-61-56)20-8-2-14-26-51(69)70/h31-38,61-66H,1-30H2,(H,67,68)(H,69,70)(H,71,72)(H,73,74)(H,75,76)(H,77,78). The molecule has 0 saturated heterocycles. The van der Waals surface area contributed by atoms with E-state index in [-0.39, 0.29) is 38.5 Å². The number of aromatic amines is 6. The first-order valence-corrected chi connectivity index (χ1v) is 28.2. The molecule has 18 nitrogen and oxygen atoms in total. The molecule has 6 aromatic rings. The smallest absolute Gasteiger partial charge is 0.303 e. The Kier molecular flexibility index (Phi) is 23.8. The van der Waals surface area contributed by atoms with Crippen molar-refractivity contribution in [3.05, 3.63) is 82.2 Å². The minimum absolute atomic E-state index is 0.0893. The Labute approximate surface area is 455 Å². The molecule has 0 unspecified atom stereocenters. The highest BCUT2D eigenvalue weighted by atomic mass is 16.4. The molecule has 0 aliphatic carbocycles. The van der Waals surface area contributed by atoms with Crippen molar-refractivity contribution in [3.63, 3.8) is 0 Å². The molecule has 78 heavy (non-hydrogen) atoms. The molecule has 0 atom stereocenters. The monoisotopic (exact) mass is 1080 g/mol. The third kappa shape index (κ3) is 19.2. The van der Waals surface area contributed by atoms with Crippen LogP contribution < -0.4 is 0 Å². The van der Waals surface area contributed by atoms with Gasteiger partial charge in [0.2, 0.25) is 0 Å². The zero-order valence-electron chi connectivity index (χ0n) is 45.0. The van der Waals surface area contributed by atoms with Crippen molar-refractivity contribution in [2.75, 3.05) is 0 Å². The van der Waals surface area contributed by atoms with Gasteiger partial charge in [-0.3, -0.25) is 28.8 Å². The fourth-order valence-electron chi connectivity index (χ4n) is 10.5. The maximum Gasteiger partial charge on any atom is 0.303 e. The zero-order valence-corrected chi connectivity index (χ0v) is 45.0. The molecule has 6 aromatic heterocycles. The van der Waals surface area contributed by atoms with Gasteiger partial charge in [0.25, 0.3) is 0 Å². The molecule has 0 saturated carbocycles. The molecule has 0 amide bonds.